The van der Waals surface area contributed by atoms with Crippen molar-refractivity contribution in [2.24, 2.45) is 0 Å². The van der Waals surface area contributed by atoms with Crippen LogP contribution >= 0.6 is 0 Å². The van der Waals surface area contributed by atoms with E-state index in [0.717, 1.165) is 96.3 Å². The Morgan fingerprint density at radius 2 is 0.493 bits per heavy atom. The Hall–Kier alpha value is -3.41. The molecule has 0 bridgehead atoms. The van der Waals surface area contributed by atoms with Gasteiger partial charge < -0.3 is 14.2 Å². The summed E-state index contributed by atoms with van der Waals surface area (Å²) in [4.78, 5) is 38.3. The van der Waals surface area contributed by atoms with Gasteiger partial charge in [-0.15, -0.1) is 0 Å². The molecule has 1 atom stereocenters. The summed E-state index contributed by atoms with van der Waals surface area (Å²) < 4.78 is 16.9. The maximum absolute atomic E-state index is 12.9. The lowest BCUT2D eigenvalue weighted by Gasteiger charge is -2.18. The van der Waals surface area contributed by atoms with Crippen LogP contribution in [-0.4, -0.2) is 37.2 Å². The zero-order valence-corrected chi connectivity index (χ0v) is 48.1. The van der Waals surface area contributed by atoms with E-state index in [9.17, 15) is 14.4 Å². The molecule has 0 heterocycles. The SMILES string of the molecule is CCCCC/C=C\C/C=C\C/C=C\CCCCCCC(=O)OC[C@@H](COC(=O)CCCCCCCCCCC/C=C\C/C=C\CCCCC)OC(=O)CCCCCCCCCCC/C=C\C/C=C\CCCCC. The number of hydrogen-bond acceptors (Lipinski definition) is 6. The zero-order chi connectivity index (χ0) is 52.9. The average molecular weight is 1020 g/mol. The van der Waals surface area contributed by atoms with Crippen molar-refractivity contribution in [1.29, 1.82) is 0 Å². The van der Waals surface area contributed by atoms with Crippen molar-refractivity contribution < 1.29 is 28.6 Å². The number of ether oxygens (including phenoxy) is 3. The third kappa shape index (κ3) is 59.3. The topological polar surface area (TPSA) is 78.9 Å². The quantitative estimate of drug-likeness (QED) is 0.0261. The Labute approximate surface area is 452 Å². The molecule has 420 valence electrons. The molecule has 6 nitrogen and oxygen atoms in total. The third-order valence-corrected chi connectivity index (χ3v) is 13.3. The molecule has 0 saturated carbocycles. The molecule has 0 aliphatic rings. The van der Waals surface area contributed by atoms with Crippen LogP contribution in [0.3, 0.4) is 0 Å². The van der Waals surface area contributed by atoms with Gasteiger partial charge in [0.25, 0.3) is 0 Å². The predicted octanol–water partition coefficient (Wildman–Crippen LogP) is 21.1. The van der Waals surface area contributed by atoms with Crippen LogP contribution in [-0.2, 0) is 28.6 Å². The summed E-state index contributed by atoms with van der Waals surface area (Å²) in [5.74, 6) is -0.907. The smallest absolute Gasteiger partial charge is 0.306 e. The highest BCUT2D eigenvalue weighted by Crippen LogP contribution is 2.15. The molecule has 0 saturated heterocycles. The molecule has 0 aromatic rings. The van der Waals surface area contributed by atoms with Crippen LogP contribution in [0.1, 0.15) is 303 Å². The van der Waals surface area contributed by atoms with Gasteiger partial charge in [-0.25, -0.2) is 0 Å². The van der Waals surface area contributed by atoms with Gasteiger partial charge in [0.05, 0.1) is 0 Å². The second-order valence-electron chi connectivity index (χ2n) is 20.6. The van der Waals surface area contributed by atoms with Gasteiger partial charge in [-0.05, 0) is 122 Å². The fraction of sp³-hybridized carbons (Fsp3) is 0.746. The van der Waals surface area contributed by atoms with Crippen molar-refractivity contribution in [2.45, 2.75) is 309 Å². The van der Waals surface area contributed by atoms with Crippen molar-refractivity contribution in [2.75, 3.05) is 13.2 Å². The Morgan fingerprint density at radius 3 is 0.767 bits per heavy atom. The number of carbonyl (C=O) groups excluding carboxylic acids is 3. The fourth-order valence-corrected chi connectivity index (χ4v) is 8.63. The number of allylic oxidation sites excluding steroid dienone is 14. The van der Waals surface area contributed by atoms with Gasteiger partial charge in [-0.1, -0.05) is 247 Å². The molecule has 0 rings (SSSR count). The Bertz CT molecular complexity index is 1400. The van der Waals surface area contributed by atoms with Gasteiger partial charge >= 0.3 is 17.9 Å². The lowest BCUT2D eigenvalue weighted by molar-refractivity contribution is -0.167. The molecule has 0 aliphatic carbocycles. The molecule has 6 heteroatoms. The van der Waals surface area contributed by atoms with E-state index in [1.54, 1.807) is 0 Å². The van der Waals surface area contributed by atoms with Crippen LogP contribution < -0.4 is 0 Å². The Kier molecular flexibility index (Phi) is 58.3. The highest BCUT2D eigenvalue weighted by molar-refractivity contribution is 5.71. The van der Waals surface area contributed by atoms with Crippen molar-refractivity contribution in [3.8, 4) is 0 Å². The molecular formula is C67H116O6. The molecule has 0 radical (unpaired) electrons. The van der Waals surface area contributed by atoms with Crippen LogP contribution in [0.5, 0.6) is 0 Å². The molecule has 0 unspecified atom stereocenters. The van der Waals surface area contributed by atoms with Crippen LogP contribution in [0.15, 0.2) is 85.1 Å². The van der Waals surface area contributed by atoms with Gasteiger partial charge in [0.1, 0.15) is 13.2 Å². The van der Waals surface area contributed by atoms with Crippen molar-refractivity contribution in [1.82, 2.24) is 0 Å². The molecule has 0 amide bonds. The monoisotopic (exact) mass is 1020 g/mol. The molecular weight excluding hydrogens is 901 g/mol. The minimum Gasteiger partial charge on any atom is -0.462 e. The maximum atomic E-state index is 12.9. The van der Waals surface area contributed by atoms with E-state index >= 15 is 0 Å². The largest absolute Gasteiger partial charge is 0.462 e. The minimum atomic E-state index is -0.792. The Morgan fingerprint density at radius 1 is 0.274 bits per heavy atom. The Balaban J connectivity index is 4.43. The molecule has 73 heavy (non-hydrogen) atoms. The summed E-state index contributed by atoms with van der Waals surface area (Å²) in [7, 11) is 0. The molecule has 0 aliphatic heterocycles. The molecule has 0 aromatic carbocycles. The number of unbranched alkanes of at least 4 members (excludes halogenated alkanes) is 31. The maximum Gasteiger partial charge on any atom is 0.306 e. The lowest BCUT2D eigenvalue weighted by atomic mass is 10.1. The zero-order valence-electron chi connectivity index (χ0n) is 48.1. The van der Waals surface area contributed by atoms with Crippen molar-refractivity contribution in [3.05, 3.63) is 85.1 Å². The highest BCUT2D eigenvalue weighted by Gasteiger charge is 2.19. The van der Waals surface area contributed by atoms with Gasteiger partial charge in [-0.3, -0.25) is 14.4 Å². The molecule has 0 N–H and O–H groups in total. The molecule has 0 aromatic heterocycles. The predicted molar refractivity (Wildman–Crippen MR) is 316 cm³/mol. The number of carbonyl (C=O) groups is 3. The second-order valence-corrected chi connectivity index (χ2v) is 20.6. The standard InChI is InChI=1S/C67H116O6/c1-4-7-10-13-16-19-22-25-28-31-33-36-39-42-45-48-51-54-57-60-66(69)72-63-64(62-71-65(68)59-56-53-50-47-44-41-38-35-30-27-24-21-18-15-12-9-6-3)73-67(70)61-58-55-52-49-46-43-40-37-34-32-29-26-23-20-17-14-11-8-5-2/h16-21,25-30,38,41,64H,4-15,22-24,31-37,39-40,42-63H2,1-3H3/b19-16-,20-17-,21-18-,28-25-,29-26-,30-27-,41-38-/t64-/m0/s1. The van der Waals surface area contributed by atoms with Crippen molar-refractivity contribution in [3.63, 3.8) is 0 Å². The summed E-state index contributed by atoms with van der Waals surface area (Å²) in [5.41, 5.74) is 0. The first-order valence-corrected chi connectivity index (χ1v) is 31.1. The minimum absolute atomic E-state index is 0.0872. The van der Waals surface area contributed by atoms with Crippen LogP contribution in [0.2, 0.25) is 0 Å². The first-order valence-electron chi connectivity index (χ1n) is 31.1. The number of esters is 3. The summed E-state index contributed by atoms with van der Waals surface area (Å²) >= 11 is 0. The number of rotatable bonds is 56. The van der Waals surface area contributed by atoms with Gasteiger partial charge in [0.2, 0.25) is 0 Å². The van der Waals surface area contributed by atoms with E-state index in [0.29, 0.717) is 19.3 Å². The van der Waals surface area contributed by atoms with E-state index in [4.69, 9.17) is 14.2 Å². The van der Waals surface area contributed by atoms with Gasteiger partial charge in [0.15, 0.2) is 6.10 Å². The van der Waals surface area contributed by atoms with Crippen LogP contribution in [0.25, 0.3) is 0 Å². The van der Waals surface area contributed by atoms with Gasteiger partial charge in [-0.2, -0.15) is 0 Å². The normalized spacial score (nSPS) is 12.6. The summed E-state index contributed by atoms with van der Waals surface area (Å²) in [5, 5.41) is 0. The van der Waals surface area contributed by atoms with E-state index in [1.165, 1.54) is 167 Å². The fourth-order valence-electron chi connectivity index (χ4n) is 8.63. The first-order chi connectivity index (χ1) is 36.0. The van der Waals surface area contributed by atoms with Crippen LogP contribution in [0.4, 0.5) is 0 Å². The van der Waals surface area contributed by atoms with E-state index in [2.05, 4.69) is 106 Å². The third-order valence-electron chi connectivity index (χ3n) is 13.3. The highest BCUT2D eigenvalue weighted by atomic mass is 16.6. The number of hydrogen-bond donors (Lipinski definition) is 0. The second kappa shape index (κ2) is 61.1. The van der Waals surface area contributed by atoms with E-state index in [-0.39, 0.29) is 31.1 Å². The molecule has 0 fully saturated rings. The summed E-state index contributed by atoms with van der Waals surface area (Å²) in [6.45, 7) is 6.56. The van der Waals surface area contributed by atoms with Crippen molar-refractivity contribution >= 4 is 17.9 Å². The summed E-state index contributed by atoms with van der Waals surface area (Å²) in [6.07, 6.45) is 80.0. The molecule has 0 spiro atoms. The lowest BCUT2D eigenvalue weighted by Crippen LogP contribution is -2.30. The van der Waals surface area contributed by atoms with Gasteiger partial charge in [0, 0.05) is 19.3 Å². The van der Waals surface area contributed by atoms with Crippen LogP contribution in [0, 0.1) is 0 Å². The first kappa shape index (κ1) is 69.6. The summed E-state index contributed by atoms with van der Waals surface area (Å²) in [6, 6.07) is 0. The van der Waals surface area contributed by atoms with E-state index in [1.807, 2.05) is 0 Å². The average Bonchev–Trinajstić information content (AvgIpc) is 3.39. The van der Waals surface area contributed by atoms with E-state index < -0.39 is 6.10 Å².